The molecule has 0 spiro atoms. The number of nitrogens with zero attached hydrogens (tertiary/aromatic N) is 4. The minimum absolute atomic E-state index is 0.0481. The van der Waals surface area contributed by atoms with Gasteiger partial charge in [-0.3, -0.25) is 19.3 Å². The van der Waals surface area contributed by atoms with Crippen LogP contribution in [0.25, 0.3) is 5.69 Å². The lowest BCUT2D eigenvalue weighted by molar-refractivity contribution is -0.143. The van der Waals surface area contributed by atoms with Crippen molar-refractivity contribution in [3.63, 3.8) is 0 Å². The molecule has 2 heterocycles. The van der Waals surface area contributed by atoms with Gasteiger partial charge in [0.2, 0.25) is 17.7 Å². The van der Waals surface area contributed by atoms with E-state index in [0.29, 0.717) is 0 Å². The van der Waals surface area contributed by atoms with Gasteiger partial charge in [-0.1, -0.05) is 36.4 Å². The summed E-state index contributed by atoms with van der Waals surface area (Å²) >= 11 is 0. The molecule has 36 heavy (non-hydrogen) atoms. The van der Waals surface area contributed by atoms with Gasteiger partial charge in [-0.05, 0) is 24.6 Å². The van der Waals surface area contributed by atoms with E-state index in [2.05, 4.69) is 5.10 Å². The number of aryl methyl sites for hydroxylation is 1. The first-order chi connectivity index (χ1) is 17.3. The van der Waals surface area contributed by atoms with Crippen molar-refractivity contribution in [1.29, 1.82) is 0 Å². The first-order valence-corrected chi connectivity index (χ1v) is 11.7. The zero-order chi connectivity index (χ0) is 25.9. The number of aromatic nitrogens is 2. The van der Waals surface area contributed by atoms with E-state index in [4.69, 9.17) is 4.74 Å². The van der Waals surface area contributed by atoms with Crippen molar-refractivity contribution in [2.24, 2.45) is 0 Å². The summed E-state index contributed by atoms with van der Waals surface area (Å²) < 4.78 is 21.7. The molecule has 1 aliphatic rings. The predicted octanol–water partition coefficient (Wildman–Crippen LogP) is 3.01. The quantitative estimate of drug-likeness (QED) is 0.429. The van der Waals surface area contributed by atoms with Crippen LogP contribution in [0.15, 0.2) is 60.9 Å². The van der Waals surface area contributed by atoms with Gasteiger partial charge in [0, 0.05) is 50.9 Å². The molecule has 0 unspecified atom stereocenters. The highest BCUT2D eigenvalue weighted by Gasteiger charge is 2.54. The van der Waals surface area contributed by atoms with Crippen molar-refractivity contribution >= 4 is 17.7 Å². The third kappa shape index (κ3) is 4.79. The summed E-state index contributed by atoms with van der Waals surface area (Å²) in [4.78, 5) is 42.2. The number of carbonyl (C=O) groups excluding carboxylic acids is 3. The second-order valence-corrected chi connectivity index (χ2v) is 9.09. The van der Waals surface area contributed by atoms with Gasteiger partial charge in [0.25, 0.3) is 0 Å². The van der Waals surface area contributed by atoms with Gasteiger partial charge >= 0.3 is 0 Å². The maximum absolute atomic E-state index is 14.9. The average molecular weight is 493 g/mol. The number of carbonyl (C=O) groups is 3. The van der Waals surface area contributed by atoms with Gasteiger partial charge < -0.3 is 9.64 Å². The molecule has 9 heteroatoms. The van der Waals surface area contributed by atoms with Crippen LogP contribution in [0.1, 0.15) is 29.5 Å². The summed E-state index contributed by atoms with van der Waals surface area (Å²) in [6.45, 7) is 2.44. The van der Waals surface area contributed by atoms with E-state index in [0.717, 1.165) is 21.7 Å². The molecule has 0 radical (unpaired) electrons. The number of amides is 3. The molecule has 1 atom stereocenters. The van der Waals surface area contributed by atoms with Crippen LogP contribution in [0.4, 0.5) is 4.39 Å². The van der Waals surface area contributed by atoms with Crippen LogP contribution in [0, 0.1) is 12.7 Å². The lowest BCUT2D eigenvalue weighted by Gasteiger charge is -2.29. The Morgan fingerprint density at radius 3 is 2.61 bits per heavy atom. The van der Waals surface area contributed by atoms with Gasteiger partial charge in [0.15, 0.2) is 0 Å². The lowest BCUT2D eigenvalue weighted by atomic mass is 9.75. The van der Waals surface area contributed by atoms with Crippen molar-refractivity contribution in [1.82, 2.24) is 19.6 Å². The lowest BCUT2D eigenvalue weighted by Crippen LogP contribution is -2.43. The molecule has 0 saturated carbocycles. The molecule has 1 saturated heterocycles. The largest absolute Gasteiger partial charge is 0.383 e. The molecular formula is C27H29FN4O4. The summed E-state index contributed by atoms with van der Waals surface area (Å²) in [7, 11) is 3.08. The molecule has 8 nitrogen and oxygen atoms in total. The monoisotopic (exact) mass is 492 g/mol. The van der Waals surface area contributed by atoms with Crippen LogP contribution in [-0.4, -0.2) is 64.6 Å². The minimum atomic E-state index is -1.60. The molecule has 0 N–H and O–H groups in total. The minimum Gasteiger partial charge on any atom is -0.383 e. The number of halogens is 1. The fraction of sp³-hybridized carbons (Fsp3) is 0.333. The van der Waals surface area contributed by atoms with Crippen molar-refractivity contribution in [2.45, 2.75) is 31.7 Å². The Labute approximate surface area is 209 Å². The third-order valence-electron chi connectivity index (χ3n) is 6.61. The van der Waals surface area contributed by atoms with E-state index >= 15 is 0 Å². The molecule has 1 fully saturated rings. The number of ether oxygens (including phenoxy) is 1. The van der Waals surface area contributed by atoms with E-state index < -0.39 is 23.0 Å². The molecule has 1 aromatic heterocycles. The van der Waals surface area contributed by atoms with Crippen molar-refractivity contribution < 1.29 is 23.5 Å². The molecule has 188 valence electrons. The molecule has 3 amide bonds. The SMILES string of the molecule is COCCN1C(=O)C[C@](CC(=O)N(C)Cc2cnn(-c3ccccc3C)c2)(c2ccccc2F)C1=O. The number of methoxy groups -OCH3 is 1. The topological polar surface area (TPSA) is 84.7 Å². The highest BCUT2D eigenvalue weighted by molar-refractivity contribution is 6.10. The van der Waals surface area contributed by atoms with Crippen molar-refractivity contribution in [2.75, 3.05) is 27.3 Å². The fourth-order valence-electron chi connectivity index (χ4n) is 4.65. The Kier molecular flexibility index (Phi) is 7.30. The Balaban J connectivity index is 1.57. The Hall–Kier alpha value is -3.85. The summed E-state index contributed by atoms with van der Waals surface area (Å²) in [5.41, 5.74) is 1.24. The maximum Gasteiger partial charge on any atom is 0.241 e. The Bertz CT molecular complexity index is 1290. The summed E-state index contributed by atoms with van der Waals surface area (Å²) in [6, 6.07) is 13.6. The number of likely N-dealkylation sites (tertiary alicyclic amines) is 1. The molecule has 0 bridgehead atoms. The normalized spacial score (nSPS) is 17.6. The molecule has 1 aliphatic heterocycles. The van der Waals surface area contributed by atoms with Gasteiger partial charge in [0.05, 0.1) is 30.5 Å². The summed E-state index contributed by atoms with van der Waals surface area (Å²) in [5.74, 6) is -2.03. The van der Waals surface area contributed by atoms with Crippen LogP contribution in [-0.2, 0) is 31.1 Å². The molecule has 4 rings (SSSR count). The van der Waals surface area contributed by atoms with E-state index in [-0.39, 0.29) is 44.0 Å². The van der Waals surface area contributed by atoms with Gasteiger partial charge in [0.1, 0.15) is 5.82 Å². The smallest absolute Gasteiger partial charge is 0.241 e. The highest BCUT2D eigenvalue weighted by atomic mass is 19.1. The third-order valence-corrected chi connectivity index (χ3v) is 6.61. The number of imide groups is 1. The van der Waals surface area contributed by atoms with Crippen LogP contribution >= 0.6 is 0 Å². The maximum atomic E-state index is 14.9. The molecule has 2 aromatic carbocycles. The average Bonchev–Trinajstić information content (AvgIpc) is 3.40. The summed E-state index contributed by atoms with van der Waals surface area (Å²) in [5, 5.41) is 4.41. The number of hydrogen-bond donors (Lipinski definition) is 0. The van der Waals surface area contributed by atoms with Crippen LogP contribution in [0.2, 0.25) is 0 Å². The first kappa shape index (κ1) is 25.2. The van der Waals surface area contributed by atoms with Gasteiger partial charge in [-0.25, -0.2) is 9.07 Å². The number of hydrogen-bond acceptors (Lipinski definition) is 5. The number of rotatable bonds is 9. The summed E-state index contributed by atoms with van der Waals surface area (Å²) in [6.07, 6.45) is 2.92. The molecule has 0 aliphatic carbocycles. The van der Waals surface area contributed by atoms with Crippen molar-refractivity contribution in [3.05, 3.63) is 83.4 Å². The van der Waals surface area contributed by atoms with E-state index in [9.17, 15) is 18.8 Å². The second kappa shape index (κ2) is 10.4. The van der Waals surface area contributed by atoms with Gasteiger partial charge in [-0.15, -0.1) is 0 Å². The zero-order valence-electron chi connectivity index (χ0n) is 20.6. The van der Waals surface area contributed by atoms with Crippen LogP contribution in [0.5, 0.6) is 0 Å². The first-order valence-electron chi connectivity index (χ1n) is 11.7. The van der Waals surface area contributed by atoms with E-state index in [1.807, 2.05) is 37.4 Å². The van der Waals surface area contributed by atoms with Crippen LogP contribution < -0.4 is 0 Å². The zero-order valence-corrected chi connectivity index (χ0v) is 20.6. The van der Waals surface area contributed by atoms with E-state index in [1.165, 1.54) is 30.2 Å². The Morgan fingerprint density at radius 2 is 1.89 bits per heavy atom. The number of benzene rings is 2. The second-order valence-electron chi connectivity index (χ2n) is 9.09. The van der Waals surface area contributed by atoms with Crippen molar-refractivity contribution in [3.8, 4) is 5.69 Å². The Morgan fingerprint density at radius 1 is 1.17 bits per heavy atom. The predicted molar refractivity (Wildman–Crippen MR) is 131 cm³/mol. The standard InChI is InChI=1S/C27H29FN4O4/c1-19-8-4-7-11-23(19)32-18-20(16-29-32)17-30(2)24(33)14-27(21-9-5-6-10-22(21)28)15-25(34)31(26(27)35)12-13-36-3/h4-11,16,18H,12-15,17H2,1-3H3/t27-/m1/s1. The highest BCUT2D eigenvalue weighted by Crippen LogP contribution is 2.41. The fourth-order valence-corrected chi connectivity index (χ4v) is 4.65. The van der Waals surface area contributed by atoms with Crippen LogP contribution in [0.3, 0.4) is 0 Å². The number of para-hydroxylation sites is 1. The molecular weight excluding hydrogens is 463 g/mol. The van der Waals surface area contributed by atoms with Gasteiger partial charge in [-0.2, -0.15) is 5.10 Å². The molecule has 3 aromatic rings. The van der Waals surface area contributed by atoms with E-state index in [1.54, 1.807) is 24.0 Å².